The Balaban J connectivity index is 1.68. The minimum Gasteiger partial charge on any atom is -0.351 e. The van der Waals surface area contributed by atoms with Gasteiger partial charge in [0, 0.05) is 6.54 Å². The maximum Gasteiger partial charge on any atom is 0.260 e. The Kier molecular flexibility index (Phi) is 5.32. The topological polar surface area (TPSA) is 74.8 Å². The van der Waals surface area contributed by atoms with Gasteiger partial charge in [-0.15, -0.1) is 11.3 Å². The summed E-state index contributed by atoms with van der Waals surface area (Å²) in [6.45, 7) is 2.44. The molecule has 3 aromatic rings. The minimum absolute atomic E-state index is 0.0553. The van der Waals surface area contributed by atoms with Crippen molar-refractivity contribution in [2.75, 3.05) is 0 Å². The Labute approximate surface area is 147 Å². The number of nitrogens with zero attached hydrogens (tertiary/aromatic N) is 1. The molecule has 2 heterocycles. The molecule has 0 spiro atoms. The highest BCUT2D eigenvalue weighted by atomic mass is 32.2. The van der Waals surface area contributed by atoms with Gasteiger partial charge in [-0.05, 0) is 23.4 Å². The van der Waals surface area contributed by atoms with Gasteiger partial charge in [-0.3, -0.25) is 9.59 Å². The highest BCUT2D eigenvalue weighted by Gasteiger charge is 2.19. The van der Waals surface area contributed by atoms with Crippen LogP contribution in [-0.4, -0.2) is 21.1 Å². The van der Waals surface area contributed by atoms with E-state index < -0.39 is 0 Å². The highest BCUT2D eigenvalue weighted by Crippen LogP contribution is 2.24. The summed E-state index contributed by atoms with van der Waals surface area (Å²) >= 11 is 2.71. The van der Waals surface area contributed by atoms with Crippen molar-refractivity contribution in [2.24, 2.45) is 0 Å². The number of amides is 1. The number of carbonyl (C=O) groups is 1. The molecule has 0 fully saturated rings. The molecule has 0 aliphatic heterocycles. The molecule has 0 aliphatic rings. The number of rotatable bonds is 6. The summed E-state index contributed by atoms with van der Waals surface area (Å²) < 4.78 is 0. The number of thioether (sulfide) groups is 1. The van der Waals surface area contributed by atoms with Crippen molar-refractivity contribution in [1.82, 2.24) is 15.3 Å². The van der Waals surface area contributed by atoms with Crippen LogP contribution < -0.4 is 10.9 Å². The van der Waals surface area contributed by atoms with E-state index in [1.165, 1.54) is 23.1 Å². The Morgan fingerprint density at radius 3 is 2.88 bits per heavy atom. The molecule has 1 atom stereocenters. The molecule has 0 saturated carbocycles. The molecule has 7 heteroatoms. The van der Waals surface area contributed by atoms with Gasteiger partial charge in [0.2, 0.25) is 5.91 Å². The van der Waals surface area contributed by atoms with Crippen LogP contribution in [0.5, 0.6) is 0 Å². The molecule has 124 valence electrons. The van der Waals surface area contributed by atoms with Crippen LogP contribution >= 0.6 is 23.1 Å². The van der Waals surface area contributed by atoms with Gasteiger partial charge in [0.05, 0.1) is 10.6 Å². The van der Waals surface area contributed by atoms with Crippen LogP contribution in [0.1, 0.15) is 18.9 Å². The molecule has 0 unspecified atom stereocenters. The molecule has 2 aromatic heterocycles. The number of fused-ring (bicyclic) bond motifs is 1. The fourth-order valence-corrected chi connectivity index (χ4v) is 4.00. The monoisotopic (exact) mass is 359 g/mol. The molecular formula is C17H17N3O2S2. The predicted octanol–water partition coefficient (Wildman–Crippen LogP) is 3.17. The third-order valence-corrected chi connectivity index (χ3v) is 5.59. The molecule has 2 N–H and O–H groups in total. The van der Waals surface area contributed by atoms with Gasteiger partial charge in [-0.2, -0.15) is 0 Å². The number of hydrogen-bond acceptors (Lipinski definition) is 5. The van der Waals surface area contributed by atoms with Gasteiger partial charge in [0.1, 0.15) is 4.83 Å². The number of hydrogen-bond donors (Lipinski definition) is 2. The lowest BCUT2D eigenvalue weighted by atomic mass is 10.2. The van der Waals surface area contributed by atoms with E-state index in [1.807, 2.05) is 42.6 Å². The first-order chi connectivity index (χ1) is 11.7. The zero-order valence-corrected chi connectivity index (χ0v) is 14.7. The van der Waals surface area contributed by atoms with Crippen molar-refractivity contribution >= 4 is 39.2 Å². The van der Waals surface area contributed by atoms with Gasteiger partial charge >= 0.3 is 0 Å². The number of aromatic nitrogens is 2. The highest BCUT2D eigenvalue weighted by molar-refractivity contribution is 8.00. The largest absolute Gasteiger partial charge is 0.351 e. The number of H-pyrrole nitrogens is 1. The van der Waals surface area contributed by atoms with Crippen molar-refractivity contribution in [3.63, 3.8) is 0 Å². The lowest BCUT2D eigenvalue weighted by Gasteiger charge is -2.14. The summed E-state index contributed by atoms with van der Waals surface area (Å²) in [4.78, 5) is 32.3. The van der Waals surface area contributed by atoms with Crippen LogP contribution in [0.2, 0.25) is 0 Å². The van der Waals surface area contributed by atoms with Gasteiger partial charge in [-0.25, -0.2) is 4.98 Å². The third kappa shape index (κ3) is 3.85. The quantitative estimate of drug-likeness (QED) is 0.524. The molecule has 1 aromatic carbocycles. The van der Waals surface area contributed by atoms with E-state index in [2.05, 4.69) is 15.3 Å². The number of thiophene rings is 1. The SMILES string of the molecule is CC[C@@H](Sc1nc2sccc2c(=O)[nH]1)C(=O)NCc1ccccc1. The maximum atomic E-state index is 12.4. The molecule has 0 aliphatic carbocycles. The van der Waals surface area contributed by atoms with Crippen LogP contribution in [-0.2, 0) is 11.3 Å². The van der Waals surface area contributed by atoms with Crippen LogP contribution in [0.15, 0.2) is 51.7 Å². The molecule has 0 saturated heterocycles. The lowest BCUT2D eigenvalue weighted by molar-refractivity contribution is -0.120. The first-order valence-corrected chi connectivity index (χ1v) is 9.39. The van der Waals surface area contributed by atoms with Crippen molar-refractivity contribution < 1.29 is 4.79 Å². The van der Waals surface area contributed by atoms with E-state index in [1.54, 1.807) is 6.07 Å². The second kappa shape index (κ2) is 7.63. The van der Waals surface area contributed by atoms with E-state index in [4.69, 9.17) is 0 Å². The molecule has 1 amide bonds. The molecule has 3 rings (SSSR count). The first kappa shape index (κ1) is 16.7. The summed E-state index contributed by atoms with van der Waals surface area (Å²) in [6.07, 6.45) is 0.650. The van der Waals surface area contributed by atoms with Gasteiger partial charge < -0.3 is 10.3 Å². The fourth-order valence-electron chi connectivity index (χ4n) is 2.26. The average Bonchev–Trinajstić information content (AvgIpc) is 3.07. The normalized spacial score (nSPS) is 12.2. The van der Waals surface area contributed by atoms with Crippen LogP contribution in [0.25, 0.3) is 10.2 Å². The Hall–Kier alpha value is -2.12. The fraction of sp³-hybridized carbons (Fsp3) is 0.235. The van der Waals surface area contributed by atoms with E-state index in [-0.39, 0.29) is 16.7 Å². The third-order valence-electron chi connectivity index (χ3n) is 3.54. The van der Waals surface area contributed by atoms with Crippen molar-refractivity contribution in [3.05, 3.63) is 57.7 Å². The molecule has 5 nitrogen and oxygen atoms in total. The molecular weight excluding hydrogens is 342 g/mol. The van der Waals surface area contributed by atoms with Gasteiger partial charge in [0.15, 0.2) is 5.16 Å². The number of nitrogens with one attached hydrogen (secondary N) is 2. The predicted molar refractivity (Wildman–Crippen MR) is 98.5 cm³/mol. The van der Waals surface area contributed by atoms with E-state index in [0.29, 0.717) is 28.3 Å². The van der Waals surface area contributed by atoms with Crippen molar-refractivity contribution in [3.8, 4) is 0 Å². The Morgan fingerprint density at radius 1 is 1.33 bits per heavy atom. The van der Waals surface area contributed by atoms with Crippen molar-refractivity contribution in [2.45, 2.75) is 30.3 Å². The summed E-state index contributed by atoms with van der Waals surface area (Å²) in [6, 6.07) is 11.5. The van der Waals surface area contributed by atoms with Crippen LogP contribution in [0, 0.1) is 0 Å². The summed E-state index contributed by atoms with van der Waals surface area (Å²) in [5, 5.41) is 5.55. The smallest absolute Gasteiger partial charge is 0.260 e. The Morgan fingerprint density at radius 2 is 2.12 bits per heavy atom. The number of carbonyl (C=O) groups excluding carboxylic acids is 1. The standard InChI is InChI=1S/C17H17N3O2S2/c1-2-13(15(22)18-10-11-6-4-3-5-7-11)24-17-19-14(21)12-8-9-23-16(12)20-17/h3-9,13H,2,10H2,1H3,(H,18,22)(H,19,20,21)/t13-/m1/s1. The zero-order chi connectivity index (χ0) is 16.9. The minimum atomic E-state index is -0.297. The maximum absolute atomic E-state index is 12.4. The molecule has 0 radical (unpaired) electrons. The number of aromatic amines is 1. The van der Waals surface area contributed by atoms with E-state index in [0.717, 1.165) is 5.56 Å². The summed E-state index contributed by atoms with van der Waals surface area (Å²) in [5.41, 5.74) is 0.889. The van der Waals surface area contributed by atoms with Crippen molar-refractivity contribution in [1.29, 1.82) is 0 Å². The molecule has 0 bridgehead atoms. The molecule has 24 heavy (non-hydrogen) atoms. The zero-order valence-electron chi connectivity index (χ0n) is 13.1. The van der Waals surface area contributed by atoms with E-state index >= 15 is 0 Å². The average molecular weight is 359 g/mol. The second-order valence-corrected chi connectivity index (χ2v) is 7.31. The van der Waals surface area contributed by atoms with E-state index in [9.17, 15) is 9.59 Å². The Bertz CT molecular complexity index is 889. The van der Waals surface area contributed by atoms with Crippen LogP contribution in [0.4, 0.5) is 0 Å². The van der Waals surface area contributed by atoms with Gasteiger partial charge in [0.25, 0.3) is 5.56 Å². The second-order valence-electron chi connectivity index (χ2n) is 5.23. The number of benzene rings is 1. The van der Waals surface area contributed by atoms with Gasteiger partial charge in [-0.1, -0.05) is 49.0 Å². The first-order valence-electron chi connectivity index (χ1n) is 7.63. The van der Waals surface area contributed by atoms with Crippen LogP contribution in [0.3, 0.4) is 0 Å². The lowest BCUT2D eigenvalue weighted by Crippen LogP contribution is -2.32. The summed E-state index contributed by atoms with van der Waals surface area (Å²) in [5.74, 6) is -0.0553. The summed E-state index contributed by atoms with van der Waals surface area (Å²) in [7, 11) is 0.